The zero-order chi connectivity index (χ0) is 18.2. The van der Waals surface area contributed by atoms with E-state index in [1.54, 1.807) is 0 Å². The maximum absolute atomic E-state index is 13.0. The average molecular weight is 362 g/mol. The lowest BCUT2D eigenvalue weighted by molar-refractivity contribution is 0.0923. The van der Waals surface area contributed by atoms with Crippen molar-refractivity contribution in [3.05, 3.63) is 59.8 Å². The van der Waals surface area contributed by atoms with Crippen LogP contribution in [0.5, 0.6) is 11.5 Å². The molecule has 5 heteroatoms. The molecule has 1 unspecified atom stereocenters. The van der Waals surface area contributed by atoms with E-state index in [1.807, 2.05) is 36.5 Å². The number of carbonyl (C=O) groups is 1. The molecular formula is C22H22N2O3. The third-order valence-corrected chi connectivity index (χ3v) is 5.55. The number of para-hydroxylation sites is 1. The van der Waals surface area contributed by atoms with Crippen LogP contribution in [0.2, 0.25) is 0 Å². The molecule has 3 aromatic rings. The summed E-state index contributed by atoms with van der Waals surface area (Å²) in [5, 5.41) is 0.998. The van der Waals surface area contributed by atoms with Crippen LogP contribution in [0.4, 0.5) is 0 Å². The highest BCUT2D eigenvalue weighted by Crippen LogP contribution is 2.38. The number of benzene rings is 2. The van der Waals surface area contributed by atoms with Crippen LogP contribution in [0.1, 0.15) is 34.8 Å². The Morgan fingerprint density at radius 2 is 1.96 bits per heavy atom. The average Bonchev–Trinajstić information content (AvgIpc) is 3.34. The van der Waals surface area contributed by atoms with Gasteiger partial charge in [0.15, 0.2) is 17.3 Å². The van der Waals surface area contributed by atoms with E-state index in [0.717, 1.165) is 47.4 Å². The number of fused-ring (bicyclic) bond motifs is 2. The summed E-state index contributed by atoms with van der Waals surface area (Å²) in [5.41, 5.74) is 2.98. The zero-order valence-electron chi connectivity index (χ0n) is 15.1. The largest absolute Gasteiger partial charge is 0.486 e. The molecule has 2 aliphatic heterocycles. The summed E-state index contributed by atoms with van der Waals surface area (Å²) in [7, 11) is 0. The molecule has 0 amide bonds. The highest BCUT2D eigenvalue weighted by Gasteiger charge is 2.29. The molecule has 2 aliphatic rings. The molecule has 1 N–H and O–H groups in total. The van der Waals surface area contributed by atoms with Crippen LogP contribution in [-0.2, 0) is 0 Å². The maximum Gasteiger partial charge on any atom is 0.178 e. The molecule has 1 aromatic heterocycles. The van der Waals surface area contributed by atoms with Crippen molar-refractivity contribution >= 4 is 16.7 Å². The van der Waals surface area contributed by atoms with Gasteiger partial charge in [0, 0.05) is 28.7 Å². The second kappa shape index (κ2) is 6.74. The van der Waals surface area contributed by atoms with Gasteiger partial charge < -0.3 is 14.5 Å². The number of nitrogens with zero attached hydrogens (tertiary/aromatic N) is 1. The number of H-pyrrole nitrogens is 1. The van der Waals surface area contributed by atoms with Crippen LogP contribution >= 0.6 is 0 Å². The first kappa shape index (κ1) is 16.4. The third kappa shape index (κ3) is 2.98. The Hall–Kier alpha value is -2.79. The van der Waals surface area contributed by atoms with Crippen molar-refractivity contribution in [2.45, 2.75) is 18.9 Å². The minimum Gasteiger partial charge on any atom is -0.486 e. The number of aromatic nitrogens is 1. The first-order valence-corrected chi connectivity index (χ1v) is 9.52. The Morgan fingerprint density at radius 3 is 2.89 bits per heavy atom. The van der Waals surface area contributed by atoms with Gasteiger partial charge in [-0.2, -0.15) is 0 Å². The normalized spacial score (nSPS) is 19.5. The molecule has 1 saturated heterocycles. The van der Waals surface area contributed by atoms with Crippen LogP contribution in [0.3, 0.4) is 0 Å². The van der Waals surface area contributed by atoms with Crippen molar-refractivity contribution < 1.29 is 14.3 Å². The van der Waals surface area contributed by atoms with Gasteiger partial charge in [-0.15, -0.1) is 0 Å². The zero-order valence-corrected chi connectivity index (χ0v) is 15.1. The van der Waals surface area contributed by atoms with E-state index in [9.17, 15) is 4.79 Å². The summed E-state index contributed by atoms with van der Waals surface area (Å²) < 4.78 is 11.4. The summed E-state index contributed by atoms with van der Waals surface area (Å²) in [6.45, 7) is 2.55. The third-order valence-electron chi connectivity index (χ3n) is 5.55. The van der Waals surface area contributed by atoms with Crippen LogP contribution in [0, 0.1) is 0 Å². The fraction of sp³-hybridized carbons (Fsp3) is 0.318. The van der Waals surface area contributed by atoms with Gasteiger partial charge in [-0.25, -0.2) is 0 Å². The molecule has 0 spiro atoms. The lowest BCUT2D eigenvalue weighted by atomic mass is 10.0. The SMILES string of the molecule is O=C(CN1CCCC1c1ccc2c(c1)OCCO2)c1c[nH]c2ccccc12. The molecule has 0 bridgehead atoms. The molecule has 1 fully saturated rings. The molecule has 5 rings (SSSR count). The fourth-order valence-corrected chi connectivity index (χ4v) is 4.23. The Morgan fingerprint density at radius 1 is 1.11 bits per heavy atom. The number of rotatable bonds is 4. The molecule has 0 saturated carbocycles. The Labute approximate surface area is 157 Å². The predicted octanol–water partition coefficient (Wildman–Crippen LogP) is 3.96. The number of hydrogen-bond acceptors (Lipinski definition) is 4. The molecule has 27 heavy (non-hydrogen) atoms. The van der Waals surface area contributed by atoms with Crippen LogP contribution in [0.15, 0.2) is 48.7 Å². The summed E-state index contributed by atoms with van der Waals surface area (Å²) in [6.07, 6.45) is 3.99. The number of aromatic amines is 1. The molecule has 0 radical (unpaired) electrons. The number of hydrogen-bond donors (Lipinski definition) is 1. The van der Waals surface area contributed by atoms with Gasteiger partial charge in [0.1, 0.15) is 13.2 Å². The van der Waals surface area contributed by atoms with Gasteiger partial charge in [0.05, 0.1) is 6.54 Å². The smallest absolute Gasteiger partial charge is 0.178 e. The molecule has 1 atom stereocenters. The van der Waals surface area contributed by atoms with Gasteiger partial charge in [-0.1, -0.05) is 24.3 Å². The van der Waals surface area contributed by atoms with E-state index in [4.69, 9.17) is 9.47 Å². The minimum absolute atomic E-state index is 0.164. The molecule has 2 aromatic carbocycles. The lowest BCUT2D eigenvalue weighted by Crippen LogP contribution is -2.29. The predicted molar refractivity (Wildman–Crippen MR) is 104 cm³/mol. The van der Waals surface area contributed by atoms with Crippen LogP contribution in [-0.4, -0.2) is 42.0 Å². The van der Waals surface area contributed by atoms with Gasteiger partial charge in [0.2, 0.25) is 0 Å². The summed E-state index contributed by atoms with van der Waals surface area (Å²) >= 11 is 0. The van der Waals surface area contributed by atoms with Crippen molar-refractivity contribution in [3.8, 4) is 11.5 Å². The van der Waals surface area contributed by atoms with E-state index >= 15 is 0 Å². The quantitative estimate of drug-likeness (QED) is 0.714. The first-order chi connectivity index (χ1) is 13.3. The second-order valence-electron chi connectivity index (χ2n) is 7.20. The molecule has 138 valence electrons. The van der Waals surface area contributed by atoms with E-state index in [2.05, 4.69) is 22.0 Å². The number of likely N-dealkylation sites (tertiary alicyclic amines) is 1. The Bertz CT molecular complexity index is 994. The number of Topliss-reactive ketones (excluding diaryl/α,β-unsaturated/α-hetero) is 1. The Kier molecular flexibility index (Phi) is 4.09. The van der Waals surface area contributed by atoms with Gasteiger partial charge in [-0.05, 0) is 43.1 Å². The highest BCUT2D eigenvalue weighted by atomic mass is 16.6. The van der Waals surface area contributed by atoms with Crippen molar-refractivity contribution in [2.75, 3.05) is 26.3 Å². The first-order valence-electron chi connectivity index (χ1n) is 9.52. The van der Waals surface area contributed by atoms with Crippen molar-refractivity contribution in [2.24, 2.45) is 0 Å². The van der Waals surface area contributed by atoms with Gasteiger partial charge in [-0.3, -0.25) is 9.69 Å². The molecule has 3 heterocycles. The van der Waals surface area contributed by atoms with Crippen LogP contribution in [0.25, 0.3) is 10.9 Å². The maximum atomic E-state index is 13.0. The summed E-state index contributed by atoms with van der Waals surface area (Å²) in [5.74, 6) is 1.79. The van der Waals surface area contributed by atoms with E-state index in [0.29, 0.717) is 19.8 Å². The van der Waals surface area contributed by atoms with Crippen molar-refractivity contribution in [3.63, 3.8) is 0 Å². The molecular weight excluding hydrogens is 340 g/mol. The van der Waals surface area contributed by atoms with E-state index < -0.39 is 0 Å². The standard InChI is InChI=1S/C22H22N2O3/c25-20(17-13-23-18-5-2-1-4-16(17)18)14-24-9-3-6-19(24)15-7-8-21-22(12-15)27-11-10-26-21/h1-2,4-5,7-8,12-13,19,23H,3,6,9-11,14H2. The topological polar surface area (TPSA) is 54.6 Å². The fourth-order valence-electron chi connectivity index (χ4n) is 4.23. The Balaban J connectivity index is 1.37. The minimum atomic E-state index is 0.164. The van der Waals surface area contributed by atoms with Gasteiger partial charge in [0.25, 0.3) is 0 Å². The lowest BCUT2D eigenvalue weighted by Gasteiger charge is -2.26. The number of nitrogens with one attached hydrogen (secondary N) is 1. The molecule has 0 aliphatic carbocycles. The number of ether oxygens (including phenoxy) is 2. The van der Waals surface area contributed by atoms with Crippen molar-refractivity contribution in [1.29, 1.82) is 0 Å². The number of ketones is 1. The van der Waals surface area contributed by atoms with Crippen LogP contribution < -0.4 is 9.47 Å². The summed E-state index contributed by atoms with van der Waals surface area (Å²) in [4.78, 5) is 18.5. The summed E-state index contributed by atoms with van der Waals surface area (Å²) in [6, 6.07) is 14.4. The van der Waals surface area contributed by atoms with E-state index in [1.165, 1.54) is 5.56 Å². The highest BCUT2D eigenvalue weighted by molar-refractivity contribution is 6.08. The second-order valence-corrected chi connectivity index (χ2v) is 7.20. The molecule has 5 nitrogen and oxygen atoms in total. The number of carbonyl (C=O) groups excluding carboxylic acids is 1. The van der Waals surface area contributed by atoms with E-state index in [-0.39, 0.29) is 11.8 Å². The van der Waals surface area contributed by atoms with Gasteiger partial charge >= 0.3 is 0 Å². The van der Waals surface area contributed by atoms with Crippen molar-refractivity contribution in [1.82, 2.24) is 9.88 Å². The monoisotopic (exact) mass is 362 g/mol.